The molecule has 1 heterocycles. The van der Waals surface area contributed by atoms with Crippen LogP contribution < -0.4 is 0 Å². The maximum Gasteiger partial charge on any atom is 0.329 e. The maximum absolute atomic E-state index is 11.5. The number of nitrogens with zero attached hydrogens (tertiary/aromatic N) is 3. The Morgan fingerprint density at radius 3 is 2.67 bits per heavy atom. The van der Waals surface area contributed by atoms with Crippen LogP contribution in [0.25, 0.3) is 0 Å². The van der Waals surface area contributed by atoms with Crippen LogP contribution in [-0.4, -0.2) is 33.6 Å². The fourth-order valence-corrected chi connectivity index (χ4v) is 0.982. The second-order valence-electron chi connectivity index (χ2n) is 2.35. The lowest BCUT2D eigenvalue weighted by Crippen LogP contribution is -2.33. The molecule has 4 heteroatoms. The molecular weight excluding hydrogens is 154 g/mol. The maximum atomic E-state index is 11.5. The van der Waals surface area contributed by atoms with Crippen molar-refractivity contribution in [3.05, 3.63) is 18.7 Å². The molecule has 65 valence electrons. The molecule has 1 rings (SSSR count). The highest BCUT2D eigenvalue weighted by molar-refractivity contribution is 5.76. The Labute approximate surface area is 71.8 Å². The molecular formula is C8H12N3O. The highest BCUT2D eigenvalue weighted by atomic mass is 16.2. The predicted octanol–water partition coefficient (Wildman–Crippen LogP) is 0.993. The first-order valence-electron chi connectivity index (χ1n) is 3.99. The summed E-state index contributed by atoms with van der Waals surface area (Å²) in [4.78, 5) is 16.9. The number of aromatic nitrogens is 2. The molecule has 0 spiro atoms. The molecule has 0 aliphatic rings. The van der Waals surface area contributed by atoms with Gasteiger partial charge in [0.2, 0.25) is 0 Å². The molecule has 0 unspecified atom stereocenters. The SMILES string of the molecule is CCN(CC)C(=O)n1[c]ncc1. The topological polar surface area (TPSA) is 38.1 Å². The van der Waals surface area contributed by atoms with Gasteiger partial charge in [-0.15, -0.1) is 0 Å². The van der Waals surface area contributed by atoms with Crippen LogP contribution in [0.4, 0.5) is 4.79 Å². The van der Waals surface area contributed by atoms with Crippen molar-refractivity contribution in [2.45, 2.75) is 13.8 Å². The first-order valence-corrected chi connectivity index (χ1v) is 3.99. The summed E-state index contributed by atoms with van der Waals surface area (Å²) in [5.74, 6) is 0. The summed E-state index contributed by atoms with van der Waals surface area (Å²) in [5, 5.41) is 0. The number of amides is 1. The van der Waals surface area contributed by atoms with Gasteiger partial charge in [0.15, 0.2) is 6.33 Å². The van der Waals surface area contributed by atoms with Gasteiger partial charge in [0.05, 0.1) is 0 Å². The number of rotatable bonds is 2. The van der Waals surface area contributed by atoms with E-state index in [2.05, 4.69) is 11.3 Å². The van der Waals surface area contributed by atoms with Gasteiger partial charge in [-0.2, -0.15) is 0 Å². The average Bonchev–Trinajstić information content (AvgIpc) is 2.58. The van der Waals surface area contributed by atoms with Crippen molar-refractivity contribution in [1.82, 2.24) is 14.5 Å². The molecule has 1 amide bonds. The fourth-order valence-electron chi connectivity index (χ4n) is 0.982. The van der Waals surface area contributed by atoms with Crippen molar-refractivity contribution in [3.63, 3.8) is 0 Å². The summed E-state index contributed by atoms with van der Waals surface area (Å²) < 4.78 is 1.35. The van der Waals surface area contributed by atoms with Crippen LogP contribution >= 0.6 is 0 Å². The summed E-state index contributed by atoms with van der Waals surface area (Å²) in [5.41, 5.74) is 0. The molecule has 4 nitrogen and oxygen atoms in total. The molecule has 0 aromatic carbocycles. The van der Waals surface area contributed by atoms with Crippen molar-refractivity contribution in [3.8, 4) is 0 Å². The molecule has 0 bridgehead atoms. The van der Waals surface area contributed by atoms with Gasteiger partial charge in [0, 0.05) is 25.5 Å². The molecule has 0 aliphatic heterocycles. The van der Waals surface area contributed by atoms with Gasteiger partial charge >= 0.3 is 6.03 Å². The van der Waals surface area contributed by atoms with Gasteiger partial charge in [0.1, 0.15) is 0 Å². The molecule has 0 saturated carbocycles. The van der Waals surface area contributed by atoms with Gasteiger partial charge in [-0.25, -0.2) is 14.3 Å². The van der Waals surface area contributed by atoms with Crippen LogP contribution in [0.1, 0.15) is 13.8 Å². The van der Waals surface area contributed by atoms with Crippen molar-refractivity contribution < 1.29 is 4.79 Å². The highest BCUT2D eigenvalue weighted by Crippen LogP contribution is 1.94. The van der Waals surface area contributed by atoms with Crippen LogP contribution in [0, 0.1) is 6.33 Å². The zero-order valence-corrected chi connectivity index (χ0v) is 7.32. The van der Waals surface area contributed by atoms with E-state index in [1.54, 1.807) is 17.3 Å². The summed E-state index contributed by atoms with van der Waals surface area (Å²) in [6, 6.07) is -0.0718. The first-order chi connectivity index (χ1) is 5.79. The minimum atomic E-state index is -0.0718. The second kappa shape index (κ2) is 3.90. The number of carbonyl (C=O) groups excluding carboxylic acids is 1. The van der Waals surface area contributed by atoms with Crippen molar-refractivity contribution >= 4 is 6.03 Å². The summed E-state index contributed by atoms with van der Waals surface area (Å²) in [6.45, 7) is 5.30. The number of hydrogen-bond donors (Lipinski definition) is 0. The van der Waals surface area contributed by atoms with Gasteiger partial charge in [-0.05, 0) is 13.8 Å². The smallest absolute Gasteiger partial charge is 0.325 e. The van der Waals surface area contributed by atoms with Crippen LogP contribution in [0.15, 0.2) is 12.4 Å². The van der Waals surface area contributed by atoms with Crippen molar-refractivity contribution in [2.75, 3.05) is 13.1 Å². The van der Waals surface area contributed by atoms with Gasteiger partial charge < -0.3 is 4.90 Å². The summed E-state index contributed by atoms with van der Waals surface area (Å²) in [7, 11) is 0. The van der Waals surface area contributed by atoms with E-state index < -0.39 is 0 Å². The normalized spacial score (nSPS) is 9.83. The standard InChI is InChI=1S/C8H12N3O/c1-3-10(4-2)8(12)11-6-5-9-7-11/h5-6H,3-4H2,1-2H3. The fraction of sp³-hybridized carbons (Fsp3) is 0.500. The quantitative estimate of drug-likeness (QED) is 0.657. The van der Waals surface area contributed by atoms with E-state index in [0.717, 1.165) is 0 Å². The number of hydrogen-bond acceptors (Lipinski definition) is 2. The van der Waals surface area contributed by atoms with E-state index in [-0.39, 0.29) is 6.03 Å². The van der Waals surface area contributed by atoms with E-state index in [1.807, 2.05) is 13.8 Å². The zero-order chi connectivity index (χ0) is 8.97. The van der Waals surface area contributed by atoms with Crippen LogP contribution in [0.2, 0.25) is 0 Å². The van der Waals surface area contributed by atoms with E-state index >= 15 is 0 Å². The Morgan fingerprint density at radius 2 is 2.25 bits per heavy atom. The predicted molar refractivity (Wildman–Crippen MR) is 44.8 cm³/mol. The molecule has 0 saturated heterocycles. The van der Waals surface area contributed by atoms with Gasteiger partial charge in [-0.1, -0.05) is 0 Å². The third-order valence-electron chi connectivity index (χ3n) is 1.70. The number of carbonyl (C=O) groups is 1. The average molecular weight is 166 g/mol. The molecule has 0 aliphatic carbocycles. The molecule has 0 fully saturated rings. The molecule has 1 aromatic heterocycles. The first kappa shape index (κ1) is 8.77. The summed E-state index contributed by atoms with van der Waals surface area (Å²) >= 11 is 0. The Bertz CT molecular complexity index is 239. The van der Waals surface area contributed by atoms with Crippen molar-refractivity contribution in [2.24, 2.45) is 0 Å². The largest absolute Gasteiger partial charge is 0.329 e. The minimum Gasteiger partial charge on any atom is -0.325 e. The van der Waals surface area contributed by atoms with E-state index in [4.69, 9.17) is 0 Å². The molecule has 12 heavy (non-hydrogen) atoms. The molecule has 0 atom stereocenters. The number of imidazole rings is 1. The molecule has 0 N–H and O–H groups in total. The second-order valence-corrected chi connectivity index (χ2v) is 2.35. The highest BCUT2D eigenvalue weighted by Gasteiger charge is 2.10. The lowest BCUT2D eigenvalue weighted by Gasteiger charge is -2.17. The van der Waals surface area contributed by atoms with E-state index in [1.165, 1.54) is 4.57 Å². The Hall–Kier alpha value is -1.32. The van der Waals surface area contributed by atoms with E-state index in [9.17, 15) is 4.79 Å². The van der Waals surface area contributed by atoms with Crippen LogP contribution in [0.3, 0.4) is 0 Å². The van der Waals surface area contributed by atoms with Crippen LogP contribution in [-0.2, 0) is 0 Å². The monoisotopic (exact) mass is 166 g/mol. The Morgan fingerprint density at radius 1 is 1.58 bits per heavy atom. The van der Waals surface area contributed by atoms with Gasteiger partial charge in [-0.3, -0.25) is 0 Å². The summed E-state index contributed by atoms with van der Waals surface area (Å²) in [6.07, 6.45) is 5.70. The Balaban J connectivity index is 2.70. The van der Waals surface area contributed by atoms with Crippen LogP contribution in [0.5, 0.6) is 0 Å². The Kier molecular flexibility index (Phi) is 2.85. The third kappa shape index (κ3) is 1.64. The van der Waals surface area contributed by atoms with E-state index in [0.29, 0.717) is 13.1 Å². The third-order valence-corrected chi connectivity index (χ3v) is 1.70. The lowest BCUT2D eigenvalue weighted by atomic mass is 10.5. The molecule has 1 aromatic rings. The molecule has 1 radical (unpaired) electrons. The minimum absolute atomic E-state index is 0.0718. The zero-order valence-electron chi connectivity index (χ0n) is 7.32. The van der Waals surface area contributed by atoms with Gasteiger partial charge in [0.25, 0.3) is 0 Å². The lowest BCUT2D eigenvalue weighted by molar-refractivity contribution is 0.205. The van der Waals surface area contributed by atoms with Crippen molar-refractivity contribution in [1.29, 1.82) is 0 Å².